The second-order valence-electron chi connectivity index (χ2n) is 17.5. The lowest BCUT2D eigenvalue weighted by Gasteiger charge is -2.36. The summed E-state index contributed by atoms with van der Waals surface area (Å²) in [6.07, 6.45) is 15.5. The summed E-state index contributed by atoms with van der Waals surface area (Å²) in [5, 5.41) is 2.97. The molecule has 0 saturated heterocycles. The van der Waals surface area contributed by atoms with Crippen LogP contribution in [0.1, 0.15) is 83.1 Å². The van der Waals surface area contributed by atoms with Gasteiger partial charge in [-0.25, -0.2) is 0 Å². The van der Waals surface area contributed by atoms with Crippen molar-refractivity contribution in [1.82, 2.24) is 4.57 Å². The molecule has 0 amide bonds. The second kappa shape index (κ2) is 16.6. The van der Waals surface area contributed by atoms with E-state index in [0.29, 0.717) is 17.1 Å². The van der Waals surface area contributed by atoms with Crippen molar-refractivity contribution in [3.05, 3.63) is 198 Å². The van der Waals surface area contributed by atoms with Gasteiger partial charge in [-0.2, -0.15) is 0 Å². The summed E-state index contributed by atoms with van der Waals surface area (Å²) in [7, 11) is 0. The first kappa shape index (κ1) is 40.6. The van der Waals surface area contributed by atoms with Crippen molar-refractivity contribution >= 4 is 44.8 Å². The molecule has 1 aliphatic heterocycles. The Morgan fingerprint density at radius 3 is 2.13 bits per heavy atom. The number of fused-ring (bicyclic) bond motifs is 10. The van der Waals surface area contributed by atoms with Gasteiger partial charge in [0.25, 0.3) is 0 Å². The van der Waals surface area contributed by atoms with Crippen LogP contribution in [-0.2, 0) is 11.8 Å². The van der Waals surface area contributed by atoms with Crippen molar-refractivity contribution in [1.29, 1.82) is 0 Å². The van der Waals surface area contributed by atoms with Crippen LogP contribution in [0.25, 0.3) is 66.5 Å². The van der Waals surface area contributed by atoms with Crippen LogP contribution in [0.2, 0.25) is 0 Å². The van der Waals surface area contributed by atoms with Gasteiger partial charge >= 0.3 is 0 Å². The van der Waals surface area contributed by atoms with E-state index in [-0.39, 0.29) is 5.41 Å². The highest BCUT2D eigenvalue weighted by atomic mass is 32.2. The van der Waals surface area contributed by atoms with Crippen molar-refractivity contribution in [3.8, 4) is 33.4 Å². The third-order valence-corrected chi connectivity index (χ3v) is 14.3. The van der Waals surface area contributed by atoms with E-state index in [4.69, 9.17) is 0 Å². The summed E-state index contributed by atoms with van der Waals surface area (Å²) in [4.78, 5) is 1.44. The van der Waals surface area contributed by atoms with Gasteiger partial charge in [0.15, 0.2) is 0 Å². The van der Waals surface area contributed by atoms with Crippen LogP contribution in [0.15, 0.2) is 181 Å². The number of hydrogen-bond donors (Lipinski definition) is 0. The minimum atomic E-state index is -0.0514. The van der Waals surface area contributed by atoms with Gasteiger partial charge in [-0.1, -0.05) is 157 Å². The van der Waals surface area contributed by atoms with Crippen molar-refractivity contribution in [2.24, 2.45) is 5.92 Å². The lowest BCUT2D eigenvalue weighted by molar-refractivity contribution is 0.552. The Balaban J connectivity index is 0.00000235. The lowest BCUT2D eigenvalue weighted by atomic mass is 9.72. The van der Waals surface area contributed by atoms with Gasteiger partial charge in [0.1, 0.15) is 0 Å². The molecule has 0 saturated carbocycles. The lowest BCUT2D eigenvalue weighted by Crippen LogP contribution is -2.25. The number of hydrogen-bond acceptors (Lipinski definition) is 1. The van der Waals surface area contributed by atoms with Crippen LogP contribution in [0.4, 0.5) is 0 Å². The fraction of sp³-hybridized carbons (Fsp3) is 0.220. The van der Waals surface area contributed by atoms with Gasteiger partial charge < -0.3 is 4.57 Å². The number of thioether (sulfide) groups is 1. The summed E-state index contributed by atoms with van der Waals surface area (Å²) < 4.78 is 2.37. The molecule has 7 aromatic rings. The van der Waals surface area contributed by atoms with Gasteiger partial charge in [-0.05, 0) is 147 Å². The Bertz CT molecular complexity index is 2960. The normalized spacial score (nSPS) is 17.6. The quantitative estimate of drug-likeness (QED) is 0.138. The zero-order valence-corrected chi connectivity index (χ0v) is 37.6. The van der Waals surface area contributed by atoms with Crippen molar-refractivity contribution in [2.75, 3.05) is 0 Å². The van der Waals surface area contributed by atoms with E-state index in [0.717, 1.165) is 18.5 Å². The molecular formula is C59H57NS. The van der Waals surface area contributed by atoms with E-state index < -0.39 is 0 Å². The molecule has 0 N–H and O–H groups in total. The van der Waals surface area contributed by atoms with Crippen LogP contribution in [0, 0.1) is 5.92 Å². The summed E-state index contributed by atoms with van der Waals surface area (Å²) >= 11 is 2.03. The average Bonchev–Trinajstić information content (AvgIpc) is 3.65. The van der Waals surface area contributed by atoms with Gasteiger partial charge in [0.2, 0.25) is 0 Å². The zero-order chi connectivity index (χ0) is 42.4. The molecule has 2 bridgehead atoms. The molecule has 1 nitrogen and oxygen atoms in total. The summed E-state index contributed by atoms with van der Waals surface area (Å²) in [6, 6.07) is 48.4. The SMILES string of the molecule is C=C/C(=C\C=C/C)n1c2ccc(-c3cccc(-c4ccccc4CC(C)C)c3)cc2c2cc(-c3ccc4c(c3)C3=C(C5CC(C=C3)Sc3ccccc35)C4(C)C)ccc21.CC. The maximum Gasteiger partial charge on any atom is 0.0541 e. The molecule has 6 aromatic carbocycles. The van der Waals surface area contributed by atoms with Crippen LogP contribution >= 0.6 is 11.8 Å². The molecule has 2 atom stereocenters. The first-order chi connectivity index (χ1) is 29.7. The summed E-state index contributed by atoms with van der Waals surface area (Å²) in [5.41, 5.74) is 19.6. The highest BCUT2D eigenvalue weighted by molar-refractivity contribution is 8.00. The Morgan fingerprint density at radius 2 is 1.41 bits per heavy atom. The maximum atomic E-state index is 4.26. The van der Waals surface area contributed by atoms with Crippen molar-refractivity contribution in [2.45, 2.75) is 82.8 Å². The van der Waals surface area contributed by atoms with E-state index in [1.807, 2.05) is 31.7 Å². The number of benzene rings is 6. The first-order valence-corrected chi connectivity index (χ1v) is 23.2. The third-order valence-electron chi connectivity index (χ3n) is 13.0. The molecule has 304 valence electrons. The summed E-state index contributed by atoms with van der Waals surface area (Å²) in [6.45, 7) is 19.8. The highest BCUT2D eigenvalue weighted by Crippen LogP contribution is 2.58. The third kappa shape index (κ3) is 7.09. The Kier molecular flexibility index (Phi) is 11.0. The molecule has 0 fully saturated rings. The fourth-order valence-electron chi connectivity index (χ4n) is 10.3. The van der Waals surface area contributed by atoms with Gasteiger partial charge in [-0.15, -0.1) is 11.8 Å². The minimum Gasteiger partial charge on any atom is -0.309 e. The van der Waals surface area contributed by atoms with Crippen LogP contribution in [0.5, 0.6) is 0 Å². The molecule has 2 heterocycles. The van der Waals surface area contributed by atoms with Crippen LogP contribution in [-0.4, -0.2) is 9.82 Å². The van der Waals surface area contributed by atoms with E-state index in [2.05, 4.69) is 204 Å². The smallest absolute Gasteiger partial charge is 0.0541 e. The molecule has 61 heavy (non-hydrogen) atoms. The van der Waals surface area contributed by atoms with E-state index in [1.54, 1.807) is 5.57 Å². The topological polar surface area (TPSA) is 4.93 Å². The fourth-order valence-corrected chi connectivity index (χ4v) is 11.6. The maximum absolute atomic E-state index is 4.26. The number of aromatic nitrogens is 1. The molecule has 1 aromatic heterocycles. The monoisotopic (exact) mass is 811 g/mol. The molecule has 10 rings (SSSR count). The van der Waals surface area contributed by atoms with E-state index in [9.17, 15) is 0 Å². The molecule has 2 unspecified atom stereocenters. The second-order valence-corrected chi connectivity index (χ2v) is 18.8. The Morgan fingerprint density at radius 1 is 0.754 bits per heavy atom. The van der Waals surface area contributed by atoms with Gasteiger partial charge in [0, 0.05) is 37.9 Å². The first-order valence-electron chi connectivity index (χ1n) is 22.3. The molecule has 3 aliphatic rings. The Labute approximate surface area is 367 Å². The van der Waals surface area contributed by atoms with E-state index >= 15 is 0 Å². The predicted molar refractivity (Wildman–Crippen MR) is 267 cm³/mol. The van der Waals surface area contributed by atoms with E-state index in [1.165, 1.54) is 87.9 Å². The summed E-state index contributed by atoms with van der Waals surface area (Å²) in [5.74, 6) is 1.02. The average molecular weight is 812 g/mol. The largest absolute Gasteiger partial charge is 0.309 e. The van der Waals surface area contributed by atoms with Crippen molar-refractivity contribution < 1.29 is 0 Å². The molecule has 0 spiro atoms. The number of rotatable bonds is 8. The highest BCUT2D eigenvalue weighted by Gasteiger charge is 2.44. The molecular weight excluding hydrogens is 755 g/mol. The predicted octanol–water partition coefficient (Wildman–Crippen LogP) is 16.9. The number of nitrogens with zero attached hydrogens (tertiary/aromatic N) is 1. The Hall–Kier alpha value is -5.83. The minimum absolute atomic E-state index is 0.0514. The van der Waals surface area contributed by atoms with Gasteiger partial charge in [0.05, 0.1) is 11.0 Å². The molecule has 2 aliphatic carbocycles. The van der Waals surface area contributed by atoms with Crippen molar-refractivity contribution in [3.63, 3.8) is 0 Å². The number of allylic oxidation sites excluding steroid dienone is 8. The molecule has 0 radical (unpaired) electrons. The molecule has 2 heteroatoms. The van der Waals surface area contributed by atoms with Crippen LogP contribution in [0.3, 0.4) is 0 Å². The zero-order valence-electron chi connectivity index (χ0n) is 36.8. The van der Waals surface area contributed by atoms with Crippen LogP contribution < -0.4 is 0 Å². The van der Waals surface area contributed by atoms with Gasteiger partial charge in [-0.3, -0.25) is 0 Å². The standard InChI is InChI=1S/C57H51NS.C2H6/c1-7-9-18-43(8-2)58-53-28-23-39(37-16-14-17-42(31-37)45-19-11-10-15-41(45)30-36(3)4)33-49(53)50-34-40(24-29-54(50)58)38-22-27-52-48(32-38)47-26-25-44-35-51(56(47)57(52,5)6)46-20-12-13-21-55(46)59-44;1-2/h7-29,31-34,36,44,51H,2,30,35H2,1,3-6H3;1-2H3/b9-7-,43-18+;.